The lowest BCUT2D eigenvalue weighted by Crippen LogP contribution is -2.01. The first-order chi connectivity index (χ1) is 18.4. The van der Waals surface area contributed by atoms with Crippen molar-refractivity contribution in [2.24, 2.45) is 0 Å². The molecule has 1 nitrogen and oxygen atoms in total. The SMILES string of the molecule is C1=CCCC(c2c3ccccc3c(C3=Cc4oc5ccc6ccccc6c5c4CC3)c3ccccc23)=C1. The molecule has 0 unspecified atom stereocenters. The van der Waals surface area contributed by atoms with Crippen molar-refractivity contribution in [1.29, 1.82) is 0 Å². The molecule has 1 aromatic heterocycles. The lowest BCUT2D eigenvalue weighted by Gasteiger charge is -2.22. The average Bonchev–Trinajstić information content (AvgIpc) is 3.34. The molecule has 0 saturated carbocycles. The molecule has 2 aliphatic rings. The molecule has 1 heteroatoms. The topological polar surface area (TPSA) is 13.1 Å². The predicted octanol–water partition coefficient (Wildman–Crippen LogP) is 10.1. The summed E-state index contributed by atoms with van der Waals surface area (Å²) in [6, 6.07) is 30.9. The van der Waals surface area contributed by atoms with Gasteiger partial charge in [0, 0.05) is 10.9 Å². The van der Waals surface area contributed by atoms with Gasteiger partial charge >= 0.3 is 0 Å². The van der Waals surface area contributed by atoms with E-state index in [0.717, 1.165) is 37.0 Å². The van der Waals surface area contributed by atoms with Crippen molar-refractivity contribution in [3.8, 4) is 0 Å². The van der Waals surface area contributed by atoms with Gasteiger partial charge in [-0.05, 0) is 92.4 Å². The van der Waals surface area contributed by atoms with Crippen molar-refractivity contribution in [3.05, 3.63) is 126 Å². The van der Waals surface area contributed by atoms with Crippen LogP contribution < -0.4 is 0 Å². The second-order valence-electron chi connectivity index (χ2n) is 10.3. The van der Waals surface area contributed by atoms with Gasteiger partial charge in [-0.25, -0.2) is 0 Å². The maximum atomic E-state index is 6.50. The minimum atomic E-state index is 0.989. The van der Waals surface area contributed by atoms with Gasteiger partial charge in [-0.1, -0.05) is 97.1 Å². The van der Waals surface area contributed by atoms with Crippen LogP contribution in [-0.4, -0.2) is 0 Å². The molecule has 37 heavy (non-hydrogen) atoms. The van der Waals surface area contributed by atoms with Crippen molar-refractivity contribution in [3.63, 3.8) is 0 Å². The van der Waals surface area contributed by atoms with Gasteiger partial charge in [0.2, 0.25) is 0 Å². The Labute approximate surface area is 216 Å². The summed E-state index contributed by atoms with van der Waals surface area (Å²) in [4.78, 5) is 0. The molecular formula is C36H26O. The van der Waals surface area contributed by atoms with Crippen LogP contribution in [0.5, 0.6) is 0 Å². The van der Waals surface area contributed by atoms with Crippen molar-refractivity contribution in [2.75, 3.05) is 0 Å². The molecular weight excluding hydrogens is 448 g/mol. The number of hydrogen-bond donors (Lipinski definition) is 0. The van der Waals surface area contributed by atoms with Crippen molar-refractivity contribution < 1.29 is 4.42 Å². The Balaban J connectivity index is 1.41. The Morgan fingerprint density at radius 3 is 1.89 bits per heavy atom. The second-order valence-corrected chi connectivity index (χ2v) is 10.3. The van der Waals surface area contributed by atoms with Crippen LogP contribution >= 0.6 is 0 Å². The summed E-state index contributed by atoms with van der Waals surface area (Å²) < 4.78 is 6.50. The van der Waals surface area contributed by atoms with Crippen molar-refractivity contribution >= 4 is 60.5 Å². The van der Waals surface area contributed by atoms with Crippen LogP contribution in [0.25, 0.3) is 60.5 Å². The van der Waals surface area contributed by atoms with Gasteiger partial charge in [-0.3, -0.25) is 0 Å². The molecule has 176 valence electrons. The molecule has 0 spiro atoms. The van der Waals surface area contributed by atoms with Gasteiger partial charge in [0.1, 0.15) is 11.3 Å². The summed E-state index contributed by atoms with van der Waals surface area (Å²) in [5.41, 5.74) is 7.89. The number of hydrogen-bond acceptors (Lipinski definition) is 1. The Morgan fingerprint density at radius 2 is 1.22 bits per heavy atom. The molecule has 1 heterocycles. The third-order valence-electron chi connectivity index (χ3n) is 8.25. The molecule has 8 rings (SSSR count). The maximum Gasteiger partial charge on any atom is 0.135 e. The molecule has 5 aromatic carbocycles. The monoisotopic (exact) mass is 474 g/mol. The van der Waals surface area contributed by atoms with Crippen molar-refractivity contribution in [1.82, 2.24) is 0 Å². The Bertz CT molecular complexity index is 1920. The van der Waals surface area contributed by atoms with Crippen LogP contribution in [0.2, 0.25) is 0 Å². The zero-order valence-corrected chi connectivity index (χ0v) is 20.6. The first-order valence-electron chi connectivity index (χ1n) is 13.3. The first-order valence-corrected chi connectivity index (χ1v) is 13.3. The summed E-state index contributed by atoms with van der Waals surface area (Å²) >= 11 is 0. The predicted molar refractivity (Wildman–Crippen MR) is 158 cm³/mol. The number of rotatable bonds is 2. The Morgan fingerprint density at radius 1 is 0.568 bits per heavy atom. The third kappa shape index (κ3) is 3.10. The standard InChI is InChI=1S/C36H26O/c1-2-11-24(12-3-1)34-27-14-6-8-16-29(27)35(30-17-9-7-15-28(30)34)25-18-20-31-33(22-25)37-32-21-19-23-10-4-5-13-26(23)36(31)32/h1-2,4-11,13-17,19,21-22H,3,12,18,20H2. The fraction of sp³-hybridized carbons (Fsp3) is 0.111. The van der Waals surface area contributed by atoms with Crippen LogP contribution in [0.3, 0.4) is 0 Å². The normalized spacial score (nSPS) is 15.4. The molecule has 0 aliphatic heterocycles. The zero-order valence-electron chi connectivity index (χ0n) is 20.6. The first kappa shape index (κ1) is 20.8. The Kier molecular flexibility index (Phi) is 4.54. The highest BCUT2D eigenvalue weighted by atomic mass is 16.3. The average molecular weight is 475 g/mol. The van der Waals surface area contributed by atoms with E-state index in [4.69, 9.17) is 4.42 Å². The van der Waals surface area contributed by atoms with E-state index < -0.39 is 0 Å². The number of aryl methyl sites for hydroxylation is 1. The van der Waals surface area contributed by atoms with Crippen molar-refractivity contribution in [2.45, 2.75) is 25.7 Å². The highest BCUT2D eigenvalue weighted by Gasteiger charge is 2.24. The third-order valence-corrected chi connectivity index (χ3v) is 8.25. The Hall–Kier alpha value is -4.36. The fourth-order valence-corrected chi connectivity index (χ4v) is 6.63. The molecule has 0 fully saturated rings. The highest BCUT2D eigenvalue weighted by molar-refractivity contribution is 6.18. The van der Waals surface area contributed by atoms with Crippen LogP contribution in [0.4, 0.5) is 0 Å². The molecule has 0 saturated heterocycles. The van der Waals surface area contributed by atoms with Crippen LogP contribution in [-0.2, 0) is 6.42 Å². The van der Waals surface area contributed by atoms with Gasteiger partial charge in [0.25, 0.3) is 0 Å². The minimum absolute atomic E-state index is 0.989. The van der Waals surface area contributed by atoms with E-state index in [2.05, 4.69) is 109 Å². The lowest BCUT2D eigenvalue weighted by molar-refractivity contribution is 0.596. The fourth-order valence-electron chi connectivity index (χ4n) is 6.63. The van der Waals surface area contributed by atoms with E-state index >= 15 is 0 Å². The summed E-state index contributed by atoms with van der Waals surface area (Å²) in [5.74, 6) is 1.02. The van der Waals surface area contributed by atoms with E-state index in [-0.39, 0.29) is 0 Å². The van der Waals surface area contributed by atoms with Gasteiger partial charge in [-0.2, -0.15) is 0 Å². The molecule has 6 aromatic rings. The maximum absolute atomic E-state index is 6.50. The molecule has 0 amide bonds. The summed E-state index contributed by atoms with van der Waals surface area (Å²) in [7, 11) is 0. The molecule has 0 atom stereocenters. The van der Waals surface area contributed by atoms with E-state index in [1.807, 2.05) is 0 Å². The van der Waals surface area contributed by atoms with E-state index in [0.29, 0.717) is 0 Å². The highest BCUT2D eigenvalue weighted by Crippen LogP contribution is 2.45. The smallest absolute Gasteiger partial charge is 0.135 e. The minimum Gasteiger partial charge on any atom is -0.456 e. The second kappa shape index (κ2) is 8.08. The van der Waals surface area contributed by atoms with Crippen LogP contribution in [0.1, 0.15) is 41.7 Å². The van der Waals surface area contributed by atoms with Crippen LogP contribution in [0, 0.1) is 0 Å². The summed E-state index contributed by atoms with van der Waals surface area (Å²) in [6.45, 7) is 0. The van der Waals surface area contributed by atoms with Gasteiger partial charge in [0.05, 0.1) is 0 Å². The van der Waals surface area contributed by atoms with Gasteiger partial charge < -0.3 is 4.42 Å². The number of fused-ring (bicyclic) bond motifs is 7. The number of allylic oxidation sites excluding steroid dienone is 5. The number of furan rings is 1. The van der Waals surface area contributed by atoms with Crippen LogP contribution in [0.15, 0.2) is 108 Å². The zero-order chi connectivity index (χ0) is 24.3. The van der Waals surface area contributed by atoms with E-state index in [1.165, 1.54) is 65.5 Å². The lowest BCUT2D eigenvalue weighted by atomic mass is 9.81. The molecule has 0 radical (unpaired) electrons. The van der Waals surface area contributed by atoms with Gasteiger partial charge in [0.15, 0.2) is 0 Å². The molecule has 2 aliphatic carbocycles. The largest absolute Gasteiger partial charge is 0.456 e. The summed E-state index contributed by atoms with van der Waals surface area (Å²) in [6.07, 6.45) is 13.3. The van der Waals surface area contributed by atoms with E-state index in [1.54, 1.807) is 0 Å². The van der Waals surface area contributed by atoms with E-state index in [9.17, 15) is 0 Å². The molecule has 0 bridgehead atoms. The number of benzene rings is 5. The molecule has 0 N–H and O–H groups in total. The van der Waals surface area contributed by atoms with Gasteiger partial charge in [-0.15, -0.1) is 0 Å². The quantitative estimate of drug-likeness (QED) is 0.228. The summed E-state index contributed by atoms with van der Waals surface area (Å²) in [5, 5.41) is 9.21.